The molecule has 1 heterocycles. The van der Waals surface area contributed by atoms with Crippen molar-refractivity contribution >= 4 is 17.3 Å². The number of rotatable bonds is 7. The molecule has 1 aliphatic carbocycles. The van der Waals surface area contributed by atoms with E-state index in [2.05, 4.69) is 10.6 Å². The molecule has 2 fully saturated rings. The topological polar surface area (TPSA) is 101 Å². The number of halogens is 6. The number of hydrogen-bond acceptors (Lipinski definition) is 6. The van der Waals surface area contributed by atoms with Crippen molar-refractivity contribution in [3.8, 4) is 12.1 Å². The minimum atomic E-state index is -4.63. The highest BCUT2D eigenvalue weighted by molar-refractivity contribution is 5.77. The maximum absolute atomic E-state index is 13.3. The molecule has 1 saturated carbocycles. The largest absolute Gasteiger partial charge is 0.417 e. The Morgan fingerprint density at radius 2 is 1.40 bits per heavy atom. The van der Waals surface area contributed by atoms with E-state index in [9.17, 15) is 31.1 Å². The monoisotopic (exact) mass is 593 g/mol. The van der Waals surface area contributed by atoms with E-state index in [1.165, 1.54) is 18.2 Å². The number of carbonyl (C=O) groups is 1. The lowest BCUT2D eigenvalue weighted by Crippen LogP contribution is -2.46. The van der Waals surface area contributed by atoms with Gasteiger partial charge in [0.05, 0.1) is 40.5 Å². The van der Waals surface area contributed by atoms with Gasteiger partial charge in [-0.15, -0.1) is 0 Å². The Labute approximate surface area is 239 Å². The standard InChI is InChI=1S/C29H29F6N5O2/c30-28(31,32)25-13-22(3-1-18(25)15-36)38-20-4-7-24(8-5-20)42-17-27(41)39-21-9-11-40(12-10-21)23-6-2-19(16-37)26(14-23)29(33,34)35/h1-3,6,13-14,20-21,24,38H,4-5,7-12,17H2,(H,39,41). The number of piperidine rings is 1. The van der Waals surface area contributed by atoms with Crippen molar-refractivity contribution in [1.82, 2.24) is 5.32 Å². The first-order valence-corrected chi connectivity index (χ1v) is 13.5. The van der Waals surface area contributed by atoms with Gasteiger partial charge in [-0.3, -0.25) is 4.79 Å². The van der Waals surface area contributed by atoms with E-state index < -0.39 is 34.6 Å². The Bertz CT molecular complexity index is 1350. The van der Waals surface area contributed by atoms with Gasteiger partial charge in [0.15, 0.2) is 0 Å². The van der Waals surface area contributed by atoms with Crippen LogP contribution in [0.5, 0.6) is 0 Å². The van der Waals surface area contributed by atoms with Gasteiger partial charge in [0.1, 0.15) is 6.61 Å². The first kappa shape index (κ1) is 31.0. The predicted molar refractivity (Wildman–Crippen MR) is 141 cm³/mol. The van der Waals surface area contributed by atoms with Gasteiger partial charge in [-0.1, -0.05) is 0 Å². The fourth-order valence-electron chi connectivity index (χ4n) is 5.38. The molecule has 2 N–H and O–H groups in total. The lowest BCUT2D eigenvalue weighted by atomic mass is 9.92. The maximum Gasteiger partial charge on any atom is 0.417 e. The number of hydrogen-bond donors (Lipinski definition) is 2. The third kappa shape index (κ3) is 7.85. The summed E-state index contributed by atoms with van der Waals surface area (Å²) < 4.78 is 85.4. The summed E-state index contributed by atoms with van der Waals surface area (Å²) in [4.78, 5) is 14.3. The Morgan fingerprint density at radius 1 is 0.833 bits per heavy atom. The lowest BCUT2D eigenvalue weighted by Gasteiger charge is -2.34. The van der Waals surface area contributed by atoms with Crippen molar-refractivity contribution in [1.29, 1.82) is 10.5 Å². The second-order valence-electron chi connectivity index (χ2n) is 10.5. The predicted octanol–water partition coefficient (Wildman–Crippen LogP) is 5.99. The number of nitriles is 2. The smallest absolute Gasteiger partial charge is 0.382 e. The molecule has 0 unspecified atom stereocenters. The van der Waals surface area contributed by atoms with Gasteiger partial charge in [0.2, 0.25) is 5.91 Å². The van der Waals surface area contributed by atoms with E-state index in [0.717, 1.165) is 18.2 Å². The van der Waals surface area contributed by atoms with Crippen LogP contribution in [0.25, 0.3) is 0 Å². The van der Waals surface area contributed by atoms with E-state index in [4.69, 9.17) is 15.3 Å². The molecule has 0 radical (unpaired) electrons. The van der Waals surface area contributed by atoms with Gasteiger partial charge in [-0.05, 0) is 74.9 Å². The molecule has 224 valence electrons. The summed E-state index contributed by atoms with van der Waals surface area (Å²) in [7, 11) is 0. The summed E-state index contributed by atoms with van der Waals surface area (Å²) in [5.74, 6) is -0.288. The molecule has 7 nitrogen and oxygen atoms in total. The molecular formula is C29H29F6N5O2. The molecule has 1 aliphatic heterocycles. The van der Waals surface area contributed by atoms with E-state index in [-0.39, 0.29) is 36.4 Å². The first-order valence-electron chi connectivity index (χ1n) is 13.5. The molecule has 1 saturated heterocycles. The highest BCUT2D eigenvalue weighted by atomic mass is 19.4. The van der Waals surface area contributed by atoms with E-state index in [0.29, 0.717) is 57.3 Å². The van der Waals surface area contributed by atoms with Crippen molar-refractivity contribution < 1.29 is 35.9 Å². The Morgan fingerprint density at radius 3 is 1.98 bits per heavy atom. The Balaban J connectivity index is 1.18. The van der Waals surface area contributed by atoms with Gasteiger partial charge in [-0.25, -0.2) is 0 Å². The van der Waals surface area contributed by atoms with Gasteiger partial charge >= 0.3 is 12.4 Å². The van der Waals surface area contributed by atoms with E-state index in [1.807, 2.05) is 0 Å². The van der Waals surface area contributed by atoms with Crippen molar-refractivity contribution in [2.75, 3.05) is 29.9 Å². The second kappa shape index (κ2) is 12.9. The van der Waals surface area contributed by atoms with Crippen molar-refractivity contribution in [3.63, 3.8) is 0 Å². The summed E-state index contributed by atoms with van der Waals surface area (Å²) in [5, 5.41) is 23.9. The second-order valence-corrected chi connectivity index (χ2v) is 10.5. The number of benzene rings is 2. The summed E-state index contributed by atoms with van der Waals surface area (Å²) in [6.07, 6.45) is -5.83. The molecule has 4 rings (SSSR count). The molecule has 1 amide bonds. The molecule has 2 aromatic rings. The van der Waals surface area contributed by atoms with Gasteiger partial charge in [0.25, 0.3) is 0 Å². The quantitative estimate of drug-likeness (QED) is 0.383. The zero-order chi connectivity index (χ0) is 30.5. The third-order valence-electron chi connectivity index (χ3n) is 7.59. The molecule has 13 heteroatoms. The molecule has 42 heavy (non-hydrogen) atoms. The molecule has 0 spiro atoms. The van der Waals surface area contributed by atoms with E-state index >= 15 is 0 Å². The van der Waals surface area contributed by atoms with Crippen LogP contribution in [0.4, 0.5) is 37.7 Å². The van der Waals surface area contributed by atoms with Crippen LogP contribution in [0, 0.1) is 22.7 Å². The number of anilines is 2. The zero-order valence-corrected chi connectivity index (χ0v) is 22.5. The summed E-state index contributed by atoms with van der Waals surface area (Å²) >= 11 is 0. The van der Waals surface area contributed by atoms with E-state index in [1.54, 1.807) is 17.0 Å². The van der Waals surface area contributed by atoms with Gasteiger partial charge in [0, 0.05) is 36.5 Å². The molecule has 0 aromatic heterocycles. The number of nitrogens with zero attached hydrogens (tertiary/aromatic N) is 3. The fourth-order valence-corrected chi connectivity index (χ4v) is 5.38. The average molecular weight is 594 g/mol. The zero-order valence-electron chi connectivity index (χ0n) is 22.5. The van der Waals surface area contributed by atoms with Crippen LogP contribution >= 0.6 is 0 Å². The van der Waals surface area contributed by atoms with Crippen LogP contribution in [0.1, 0.15) is 60.8 Å². The maximum atomic E-state index is 13.3. The number of amides is 1. The summed E-state index contributed by atoms with van der Waals surface area (Å²) in [5.41, 5.74) is -2.14. The lowest BCUT2D eigenvalue weighted by molar-refractivity contribution is -0.138. The van der Waals surface area contributed by atoms with Gasteiger partial charge in [-0.2, -0.15) is 36.9 Å². The highest BCUT2D eigenvalue weighted by Gasteiger charge is 2.35. The SMILES string of the molecule is N#Cc1ccc(NC2CCC(OCC(=O)NC3CCN(c4ccc(C#N)c(C(F)(F)F)c4)CC3)CC2)cc1C(F)(F)F. The van der Waals surface area contributed by atoms with Gasteiger partial charge < -0.3 is 20.3 Å². The minimum absolute atomic E-state index is 0.0683. The Kier molecular flexibility index (Phi) is 9.52. The van der Waals surface area contributed by atoms with Crippen LogP contribution in [-0.4, -0.2) is 43.8 Å². The molecule has 2 aliphatic rings. The number of nitrogens with one attached hydrogen (secondary N) is 2. The van der Waals surface area contributed by atoms with Crippen LogP contribution in [0.2, 0.25) is 0 Å². The Hall–Kier alpha value is -3.97. The normalized spacial score (nSPS) is 20.0. The van der Waals surface area contributed by atoms with Crippen LogP contribution in [0.3, 0.4) is 0 Å². The molecule has 0 atom stereocenters. The van der Waals surface area contributed by atoms with Crippen molar-refractivity contribution in [2.45, 2.75) is 69.1 Å². The molecule has 2 aromatic carbocycles. The van der Waals surface area contributed by atoms with Crippen LogP contribution < -0.4 is 15.5 Å². The van der Waals surface area contributed by atoms with Crippen LogP contribution in [0.15, 0.2) is 36.4 Å². The number of carbonyl (C=O) groups excluding carboxylic acids is 1. The first-order chi connectivity index (χ1) is 19.9. The third-order valence-corrected chi connectivity index (χ3v) is 7.59. The molecule has 0 bridgehead atoms. The van der Waals surface area contributed by atoms with Crippen LogP contribution in [-0.2, 0) is 21.9 Å². The fraction of sp³-hybridized carbons (Fsp3) is 0.483. The average Bonchev–Trinajstić information content (AvgIpc) is 2.96. The minimum Gasteiger partial charge on any atom is -0.382 e. The summed E-state index contributed by atoms with van der Waals surface area (Å²) in [6.45, 7) is 0.740. The highest BCUT2D eigenvalue weighted by Crippen LogP contribution is 2.36. The number of ether oxygens (including phenoxy) is 1. The van der Waals surface area contributed by atoms with Crippen molar-refractivity contribution in [2.24, 2.45) is 0 Å². The number of alkyl halides is 6. The van der Waals surface area contributed by atoms with Crippen molar-refractivity contribution in [3.05, 3.63) is 58.7 Å². The molecular weight excluding hydrogens is 564 g/mol. The summed E-state index contributed by atoms with van der Waals surface area (Å²) in [6, 6.07) is 10.1.